The average molecular weight is 408 g/mol. The van der Waals surface area contributed by atoms with Crippen molar-refractivity contribution in [3.63, 3.8) is 0 Å². The summed E-state index contributed by atoms with van der Waals surface area (Å²) >= 11 is 1.69. The number of nitrogens with two attached hydrogens (primary N) is 1. The third-order valence-corrected chi connectivity index (χ3v) is 6.12. The zero-order valence-corrected chi connectivity index (χ0v) is 17.3. The summed E-state index contributed by atoms with van der Waals surface area (Å²) in [7, 11) is -3.71. The lowest BCUT2D eigenvalue weighted by Gasteiger charge is -2.15. The Bertz CT molecular complexity index is 897. The molecule has 2 rings (SSSR count). The van der Waals surface area contributed by atoms with Crippen molar-refractivity contribution >= 4 is 27.8 Å². The van der Waals surface area contributed by atoms with Gasteiger partial charge in [-0.2, -0.15) is 0 Å². The summed E-state index contributed by atoms with van der Waals surface area (Å²) in [6.07, 6.45) is 0. The number of amides is 2. The van der Waals surface area contributed by atoms with Crippen LogP contribution in [0.2, 0.25) is 0 Å². The van der Waals surface area contributed by atoms with Gasteiger partial charge in [-0.3, -0.25) is 0 Å². The molecule has 0 aliphatic heterocycles. The summed E-state index contributed by atoms with van der Waals surface area (Å²) in [6, 6.07) is 11.9. The van der Waals surface area contributed by atoms with Crippen LogP contribution in [-0.4, -0.2) is 26.7 Å². The molecule has 2 amide bonds. The highest BCUT2D eigenvalue weighted by Crippen LogP contribution is 2.20. The van der Waals surface area contributed by atoms with E-state index in [0.717, 1.165) is 11.3 Å². The Balaban J connectivity index is 1.77. The van der Waals surface area contributed by atoms with Gasteiger partial charge in [0.05, 0.1) is 10.9 Å². The number of aryl methyl sites for hydroxylation is 2. The summed E-state index contributed by atoms with van der Waals surface area (Å²) < 4.78 is 22.5. The van der Waals surface area contributed by atoms with E-state index in [1.54, 1.807) is 23.9 Å². The number of hydrogen-bond acceptors (Lipinski definition) is 4. The van der Waals surface area contributed by atoms with E-state index in [1.165, 1.54) is 28.2 Å². The monoisotopic (exact) mass is 407 g/mol. The molecule has 2 aromatic carbocycles. The number of rotatable bonds is 7. The quantitative estimate of drug-likeness (QED) is 0.485. The molecule has 6 nitrogen and oxygen atoms in total. The molecule has 0 aliphatic rings. The molecule has 0 spiro atoms. The number of carbonyl (C=O) groups excluding carboxylic acids is 1. The summed E-state index contributed by atoms with van der Waals surface area (Å²) in [6.45, 7) is 6.54. The first kappa shape index (κ1) is 21.3. The molecule has 146 valence electrons. The average Bonchev–Trinajstić information content (AvgIpc) is 2.61. The Morgan fingerprint density at radius 1 is 1.11 bits per heavy atom. The molecule has 2 aromatic rings. The van der Waals surface area contributed by atoms with Gasteiger partial charge in [0.15, 0.2) is 0 Å². The van der Waals surface area contributed by atoms with Gasteiger partial charge in [-0.15, -0.1) is 11.8 Å². The molecule has 4 N–H and O–H groups in total. The lowest BCUT2D eigenvalue weighted by Crippen LogP contribution is -2.38. The van der Waals surface area contributed by atoms with E-state index >= 15 is 0 Å². The predicted molar refractivity (Wildman–Crippen MR) is 109 cm³/mol. The number of urea groups is 1. The van der Waals surface area contributed by atoms with Gasteiger partial charge < -0.3 is 10.6 Å². The van der Waals surface area contributed by atoms with E-state index in [2.05, 4.69) is 42.7 Å². The first-order valence-electron chi connectivity index (χ1n) is 8.54. The highest BCUT2D eigenvalue weighted by molar-refractivity contribution is 7.99. The molecule has 0 radical (unpaired) electrons. The molecular weight excluding hydrogens is 382 g/mol. The van der Waals surface area contributed by atoms with Crippen molar-refractivity contribution in [3.05, 3.63) is 59.2 Å². The van der Waals surface area contributed by atoms with Crippen molar-refractivity contribution < 1.29 is 13.2 Å². The maximum atomic E-state index is 12.0. The normalized spacial score (nSPS) is 12.4. The highest BCUT2D eigenvalue weighted by atomic mass is 32.2. The number of primary sulfonamides is 1. The molecule has 0 fully saturated rings. The standard InChI is InChI=1S/C19H25N3O3S2/c1-13-4-7-17(12-14(13)2)26-11-10-21-19(23)22-15(3)16-5-8-18(9-6-16)27(20,24)25/h4-9,12,15H,10-11H2,1-3H3,(H2,20,24,25)(H2,21,22,23). The van der Waals surface area contributed by atoms with E-state index in [9.17, 15) is 13.2 Å². The summed E-state index contributed by atoms with van der Waals surface area (Å²) in [5.41, 5.74) is 3.32. The van der Waals surface area contributed by atoms with E-state index in [-0.39, 0.29) is 17.0 Å². The molecule has 27 heavy (non-hydrogen) atoms. The molecular formula is C19H25N3O3S2. The first-order chi connectivity index (χ1) is 12.7. The molecule has 0 aromatic heterocycles. The van der Waals surface area contributed by atoms with Gasteiger partial charge >= 0.3 is 6.03 Å². The smallest absolute Gasteiger partial charge is 0.315 e. The lowest BCUT2D eigenvalue weighted by molar-refractivity contribution is 0.238. The van der Waals surface area contributed by atoms with Gasteiger partial charge in [0.1, 0.15) is 0 Å². The van der Waals surface area contributed by atoms with Crippen LogP contribution in [0.3, 0.4) is 0 Å². The van der Waals surface area contributed by atoms with E-state index < -0.39 is 10.0 Å². The molecule has 0 bridgehead atoms. The van der Waals surface area contributed by atoms with E-state index in [1.807, 2.05) is 6.92 Å². The molecule has 8 heteroatoms. The number of nitrogens with one attached hydrogen (secondary N) is 2. The van der Waals surface area contributed by atoms with Crippen LogP contribution in [0.1, 0.15) is 29.7 Å². The van der Waals surface area contributed by atoms with E-state index in [4.69, 9.17) is 5.14 Å². The SMILES string of the molecule is Cc1ccc(SCCNC(=O)NC(C)c2ccc(S(N)(=O)=O)cc2)cc1C. The minimum absolute atomic E-state index is 0.0475. The number of thioether (sulfide) groups is 1. The lowest BCUT2D eigenvalue weighted by atomic mass is 10.1. The fourth-order valence-corrected chi connectivity index (χ4v) is 3.79. The van der Waals surface area contributed by atoms with Crippen LogP contribution >= 0.6 is 11.8 Å². The molecule has 0 heterocycles. The number of hydrogen-bond donors (Lipinski definition) is 3. The number of carbonyl (C=O) groups is 1. The Kier molecular flexibility index (Phi) is 7.29. The maximum absolute atomic E-state index is 12.0. The van der Waals surface area contributed by atoms with E-state index in [0.29, 0.717) is 6.54 Å². The largest absolute Gasteiger partial charge is 0.337 e. The second kappa shape index (κ2) is 9.25. The molecule has 1 unspecified atom stereocenters. The van der Waals surface area contributed by atoms with Crippen LogP contribution in [0.5, 0.6) is 0 Å². The Hall–Kier alpha value is -2.03. The summed E-state index contributed by atoms with van der Waals surface area (Å²) in [5, 5.41) is 10.7. The Morgan fingerprint density at radius 3 is 2.37 bits per heavy atom. The third-order valence-electron chi connectivity index (χ3n) is 4.19. The fraction of sp³-hybridized carbons (Fsp3) is 0.316. The second-order valence-corrected chi connectivity index (χ2v) is 9.06. The number of sulfonamides is 1. The maximum Gasteiger partial charge on any atom is 0.315 e. The van der Waals surface area contributed by atoms with Crippen LogP contribution in [0.15, 0.2) is 52.3 Å². The fourth-order valence-electron chi connectivity index (χ4n) is 2.41. The zero-order valence-electron chi connectivity index (χ0n) is 15.7. The van der Waals surface area contributed by atoms with Gasteiger partial charge in [0, 0.05) is 17.2 Å². The van der Waals surface area contributed by atoms with Crippen molar-refractivity contribution in [2.45, 2.75) is 36.6 Å². The summed E-state index contributed by atoms with van der Waals surface area (Å²) in [5.74, 6) is 0.771. The summed E-state index contributed by atoms with van der Waals surface area (Å²) in [4.78, 5) is 13.2. The number of benzene rings is 2. The van der Waals surface area contributed by atoms with Crippen molar-refractivity contribution in [2.24, 2.45) is 5.14 Å². The molecule has 1 atom stereocenters. The minimum atomic E-state index is -3.71. The van der Waals surface area contributed by atoms with Gasteiger partial charge in [-0.05, 0) is 61.7 Å². The first-order valence-corrected chi connectivity index (χ1v) is 11.1. The van der Waals surface area contributed by atoms with Crippen LogP contribution in [0, 0.1) is 13.8 Å². The van der Waals surface area contributed by atoms with Gasteiger partial charge in [-0.1, -0.05) is 18.2 Å². The second-order valence-electron chi connectivity index (χ2n) is 6.33. The van der Waals surface area contributed by atoms with Crippen LogP contribution in [0.4, 0.5) is 4.79 Å². The molecule has 0 aliphatic carbocycles. The van der Waals surface area contributed by atoms with Crippen molar-refractivity contribution in [3.8, 4) is 0 Å². The van der Waals surface area contributed by atoms with Crippen LogP contribution in [0.25, 0.3) is 0 Å². The third kappa shape index (κ3) is 6.57. The van der Waals surface area contributed by atoms with Crippen molar-refractivity contribution in [1.82, 2.24) is 10.6 Å². The molecule has 0 saturated carbocycles. The van der Waals surface area contributed by atoms with Crippen molar-refractivity contribution in [2.75, 3.05) is 12.3 Å². The Morgan fingerprint density at radius 2 is 1.78 bits per heavy atom. The molecule has 0 saturated heterocycles. The highest BCUT2D eigenvalue weighted by Gasteiger charge is 2.12. The van der Waals surface area contributed by atoms with Crippen molar-refractivity contribution in [1.29, 1.82) is 0 Å². The van der Waals surface area contributed by atoms with Crippen LogP contribution < -0.4 is 15.8 Å². The minimum Gasteiger partial charge on any atom is -0.337 e. The van der Waals surface area contributed by atoms with Gasteiger partial charge in [0.25, 0.3) is 0 Å². The topological polar surface area (TPSA) is 101 Å². The Labute approximate surface area is 165 Å². The van der Waals surface area contributed by atoms with Gasteiger partial charge in [-0.25, -0.2) is 18.4 Å². The predicted octanol–water partition coefficient (Wildman–Crippen LogP) is 3.10. The van der Waals surface area contributed by atoms with Gasteiger partial charge in [0.2, 0.25) is 10.0 Å². The zero-order chi connectivity index (χ0) is 20.0. The van der Waals surface area contributed by atoms with Crippen LogP contribution in [-0.2, 0) is 10.0 Å².